The van der Waals surface area contributed by atoms with Gasteiger partial charge in [0, 0.05) is 6.54 Å². The molecule has 2 aliphatic rings. The van der Waals surface area contributed by atoms with Crippen LogP contribution >= 0.6 is 11.3 Å². The van der Waals surface area contributed by atoms with Gasteiger partial charge in [-0.3, -0.25) is 4.79 Å². The minimum absolute atomic E-state index is 0.00000652. The summed E-state index contributed by atoms with van der Waals surface area (Å²) in [7, 11) is 0. The molecule has 1 N–H and O–H groups in total. The number of nitrogens with zero attached hydrogens (tertiary/aromatic N) is 2. The fourth-order valence-electron chi connectivity index (χ4n) is 3.75. The lowest BCUT2D eigenvalue weighted by Gasteiger charge is -2.33. The number of benzene rings is 2. The smallest absolute Gasteiger partial charge is 0.338 e. The van der Waals surface area contributed by atoms with Gasteiger partial charge in [0.05, 0.1) is 27.2 Å². The van der Waals surface area contributed by atoms with Gasteiger partial charge in [0.15, 0.2) is 0 Å². The molecule has 5 rings (SSSR count). The maximum absolute atomic E-state index is 12.5. The van der Waals surface area contributed by atoms with Gasteiger partial charge >= 0.3 is 5.97 Å². The van der Waals surface area contributed by atoms with Crippen molar-refractivity contribution in [2.24, 2.45) is 0 Å². The molecule has 1 saturated heterocycles. The van der Waals surface area contributed by atoms with Crippen molar-refractivity contribution in [1.82, 2.24) is 4.98 Å². The van der Waals surface area contributed by atoms with Crippen molar-refractivity contribution in [3.05, 3.63) is 53.0 Å². The summed E-state index contributed by atoms with van der Waals surface area (Å²) in [6.07, 6.45) is 1.88. The first-order valence-corrected chi connectivity index (χ1v) is 9.74. The molecule has 6 nitrogen and oxygen atoms in total. The molecule has 0 bridgehead atoms. The molecule has 3 heterocycles. The lowest BCUT2D eigenvalue weighted by molar-refractivity contribution is -0.117. The van der Waals surface area contributed by atoms with E-state index in [9.17, 15) is 9.59 Å². The number of ether oxygens (including phenoxy) is 1. The van der Waals surface area contributed by atoms with Crippen LogP contribution < -0.4 is 10.2 Å². The fourth-order valence-corrected chi connectivity index (χ4v) is 4.63. The second-order valence-electron chi connectivity index (χ2n) is 6.72. The van der Waals surface area contributed by atoms with Crippen molar-refractivity contribution in [2.45, 2.75) is 25.5 Å². The number of thiazole rings is 1. The molecule has 3 aromatic rings. The number of nitrogens with one attached hydrogen (secondary N) is 1. The third kappa shape index (κ3) is 2.84. The van der Waals surface area contributed by atoms with Gasteiger partial charge in [0.2, 0.25) is 5.91 Å². The molecular weight excluding hydrogens is 362 g/mol. The maximum Gasteiger partial charge on any atom is 0.338 e. The fraction of sp³-hybridized carbons (Fsp3) is 0.250. The summed E-state index contributed by atoms with van der Waals surface area (Å²) < 4.78 is 6.50. The summed E-state index contributed by atoms with van der Waals surface area (Å²) in [5.41, 5.74) is 2.98. The first-order chi connectivity index (χ1) is 13.2. The number of hydrogen-bond donors (Lipinski definition) is 1. The van der Waals surface area contributed by atoms with Gasteiger partial charge in [-0.25, -0.2) is 9.78 Å². The quantitative estimate of drug-likeness (QED) is 0.705. The molecule has 7 heteroatoms. The topological polar surface area (TPSA) is 71.5 Å². The highest BCUT2D eigenvalue weighted by Crippen LogP contribution is 2.37. The van der Waals surface area contributed by atoms with Crippen molar-refractivity contribution in [1.29, 1.82) is 0 Å². The third-order valence-corrected chi connectivity index (χ3v) is 6.03. The molecule has 0 spiro atoms. The molecule has 0 saturated carbocycles. The van der Waals surface area contributed by atoms with E-state index in [0.29, 0.717) is 11.3 Å². The Balaban J connectivity index is 1.33. The number of rotatable bonds is 3. The van der Waals surface area contributed by atoms with E-state index in [0.717, 1.165) is 40.3 Å². The Hall–Kier alpha value is -2.93. The third-order valence-electron chi connectivity index (χ3n) is 5.02. The zero-order valence-electron chi connectivity index (χ0n) is 14.5. The molecule has 0 unspecified atom stereocenters. The molecule has 0 radical (unpaired) electrons. The van der Waals surface area contributed by atoms with Crippen molar-refractivity contribution >= 4 is 44.8 Å². The maximum atomic E-state index is 12.5. The van der Waals surface area contributed by atoms with E-state index in [4.69, 9.17) is 4.74 Å². The zero-order chi connectivity index (χ0) is 18.4. The van der Waals surface area contributed by atoms with Crippen LogP contribution in [0.3, 0.4) is 0 Å². The summed E-state index contributed by atoms with van der Waals surface area (Å²) in [5, 5.41) is 3.68. The largest absolute Gasteiger partial charge is 0.455 e. The number of fused-ring (bicyclic) bond motifs is 4. The number of esters is 1. The van der Waals surface area contributed by atoms with Crippen LogP contribution in [0.2, 0.25) is 0 Å². The number of carbonyl (C=O) groups excluding carboxylic acids is 2. The summed E-state index contributed by atoms with van der Waals surface area (Å²) in [6, 6.07) is 13.1. The van der Waals surface area contributed by atoms with Gasteiger partial charge in [-0.15, -0.1) is 11.3 Å². The molecule has 1 fully saturated rings. The number of aromatic nitrogens is 1. The van der Waals surface area contributed by atoms with Crippen LogP contribution in [0.4, 0.5) is 11.4 Å². The van der Waals surface area contributed by atoms with Crippen molar-refractivity contribution < 1.29 is 14.3 Å². The van der Waals surface area contributed by atoms with Crippen molar-refractivity contribution in [3.8, 4) is 0 Å². The molecule has 2 aromatic carbocycles. The summed E-state index contributed by atoms with van der Waals surface area (Å²) in [4.78, 5) is 31.3. The van der Waals surface area contributed by atoms with Gasteiger partial charge in [0.1, 0.15) is 17.7 Å². The van der Waals surface area contributed by atoms with Crippen LogP contribution in [0, 0.1) is 0 Å². The van der Waals surface area contributed by atoms with Crippen molar-refractivity contribution in [2.75, 3.05) is 16.8 Å². The molecule has 136 valence electrons. The van der Waals surface area contributed by atoms with Crippen LogP contribution in [0.25, 0.3) is 10.2 Å². The van der Waals surface area contributed by atoms with Crippen LogP contribution in [0.5, 0.6) is 0 Å². The van der Waals surface area contributed by atoms with Gasteiger partial charge in [-0.05, 0) is 43.2 Å². The van der Waals surface area contributed by atoms with Gasteiger partial charge < -0.3 is 15.0 Å². The Morgan fingerprint density at radius 2 is 2.19 bits per heavy atom. The molecule has 0 aliphatic carbocycles. The Kier molecular flexibility index (Phi) is 3.82. The highest BCUT2D eigenvalue weighted by molar-refractivity contribution is 7.18. The van der Waals surface area contributed by atoms with Crippen molar-refractivity contribution in [3.63, 3.8) is 0 Å². The van der Waals surface area contributed by atoms with E-state index in [2.05, 4.69) is 15.2 Å². The molecule has 1 atom stereocenters. The predicted molar refractivity (Wildman–Crippen MR) is 104 cm³/mol. The van der Waals surface area contributed by atoms with E-state index in [-0.39, 0.29) is 18.6 Å². The minimum Gasteiger partial charge on any atom is -0.455 e. The molecular formula is C20H17N3O3S. The molecule has 27 heavy (non-hydrogen) atoms. The standard InChI is InChI=1S/C20H17N3O3S/c24-19-16-5-3-9-23(16)15-8-7-12(10-14(15)22-19)20(25)26-11-18-21-13-4-1-2-6-17(13)27-18/h1-2,4,6-8,10,16H,3,5,9,11H2,(H,22,24)/t16-/m0/s1. The van der Waals surface area contributed by atoms with E-state index in [1.807, 2.05) is 30.3 Å². The monoisotopic (exact) mass is 379 g/mol. The highest BCUT2D eigenvalue weighted by Gasteiger charge is 2.36. The Bertz CT molecular complexity index is 1030. The molecule has 1 aromatic heterocycles. The van der Waals surface area contributed by atoms with Crippen LogP contribution in [0.15, 0.2) is 42.5 Å². The summed E-state index contributed by atoms with van der Waals surface area (Å²) in [5.74, 6) is -0.421. The second-order valence-corrected chi connectivity index (χ2v) is 7.84. The van der Waals surface area contributed by atoms with Gasteiger partial charge in [0.25, 0.3) is 0 Å². The normalized spacial score (nSPS) is 18.1. The second kappa shape index (κ2) is 6.35. The lowest BCUT2D eigenvalue weighted by atomic mass is 10.1. The first kappa shape index (κ1) is 16.3. The molecule has 1 amide bonds. The van der Waals surface area contributed by atoms with Crippen LogP contribution in [0.1, 0.15) is 28.2 Å². The van der Waals surface area contributed by atoms with E-state index < -0.39 is 5.97 Å². The average molecular weight is 379 g/mol. The Morgan fingerprint density at radius 3 is 3.07 bits per heavy atom. The number of carbonyl (C=O) groups is 2. The molecule has 2 aliphatic heterocycles. The van der Waals surface area contributed by atoms with E-state index in [1.165, 1.54) is 11.3 Å². The number of hydrogen-bond acceptors (Lipinski definition) is 6. The van der Waals surface area contributed by atoms with Crippen LogP contribution in [-0.2, 0) is 16.1 Å². The van der Waals surface area contributed by atoms with E-state index in [1.54, 1.807) is 12.1 Å². The van der Waals surface area contributed by atoms with Gasteiger partial charge in [-0.1, -0.05) is 12.1 Å². The summed E-state index contributed by atoms with van der Waals surface area (Å²) in [6.45, 7) is 1.00. The minimum atomic E-state index is -0.421. The number of anilines is 2. The Morgan fingerprint density at radius 1 is 1.30 bits per heavy atom. The SMILES string of the molecule is O=C(OCc1nc2ccccc2s1)c1ccc2c(c1)NC(=O)[C@@H]1CCCN21. The number of para-hydroxylation sites is 1. The lowest BCUT2D eigenvalue weighted by Crippen LogP contribution is -2.43. The number of amides is 1. The first-order valence-electron chi connectivity index (χ1n) is 8.92. The zero-order valence-corrected chi connectivity index (χ0v) is 15.3. The van der Waals surface area contributed by atoms with Crippen LogP contribution in [-0.4, -0.2) is 29.4 Å². The predicted octanol–water partition coefficient (Wildman–Crippen LogP) is 3.57. The van der Waals surface area contributed by atoms with E-state index >= 15 is 0 Å². The average Bonchev–Trinajstić information content (AvgIpc) is 3.33. The van der Waals surface area contributed by atoms with Gasteiger partial charge in [-0.2, -0.15) is 0 Å². The Labute approximate surface area is 159 Å². The highest BCUT2D eigenvalue weighted by atomic mass is 32.1. The summed E-state index contributed by atoms with van der Waals surface area (Å²) >= 11 is 1.52.